The average Bonchev–Trinajstić information content (AvgIpc) is 3.01. The number of nitrogens with two attached hydrogens (primary N) is 1. The van der Waals surface area contributed by atoms with Crippen molar-refractivity contribution in [3.05, 3.63) is 76.7 Å². The predicted molar refractivity (Wildman–Crippen MR) is 162 cm³/mol. The Morgan fingerprint density at radius 2 is 1.56 bits per heavy atom. The summed E-state index contributed by atoms with van der Waals surface area (Å²) in [6.45, 7) is 9.84. The van der Waals surface area contributed by atoms with Gasteiger partial charge in [0.05, 0.1) is 13.2 Å². The summed E-state index contributed by atoms with van der Waals surface area (Å²) in [6.07, 6.45) is 1.06. The lowest BCUT2D eigenvalue weighted by Crippen LogP contribution is -2.54. The van der Waals surface area contributed by atoms with Gasteiger partial charge < -0.3 is 30.9 Å². The number of hydrogen-bond donors (Lipinski definition) is 4. The zero-order chi connectivity index (χ0) is 30.6. The maximum absolute atomic E-state index is 13.3. The maximum atomic E-state index is 13.3. The molecule has 43 heavy (non-hydrogen) atoms. The number of anilines is 1. The number of hydrogen-bond acceptors (Lipinski definition) is 9. The van der Waals surface area contributed by atoms with E-state index in [0.29, 0.717) is 62.0 Å². The van der Waals surface area contributed by atoms with Crippen LogP contribution in [-0.4, -0.2) is 79.2 Å². The third-order valence-electron chi connectivity index (χ3n) is 7.82. The molecule has 0 saturated carbocycles. The van der Waals surface area contributed by atoms with Crippen LogP contribution in [0.2, 0.25) is 0 Å². The summed E-state index contributed by atoms with van der Waals surface area (Å²) in [6, 6.07) is 14.8. The highest BCUT2D eigenvalue weighted by molar-refractivity contribution is 5.95. The highest BCUT2D eigenvalue weighted by Gasteiger charge is 2.29. The summed E-state index contributed by atoms with van der Waals surface area (Å²) < 4.78 is 5.33. The van der Waals surface area contributed by atoms with Crippen LogP contribution >= 0.6 is 0 Å². The topological polar surface area (TPSA) is 154 Å². The van der Waals surface area contributed by atoms with E-state index in [1.807, 2.05) is 29.2 Å². The molecule has 228 valence electrons. The van der Waals surface area contributed by atoms with Gasteiger partial charge in [-0.15, -0.1) is 10.2 Å². The summed E-state index contributed by atoms with van der Waals surface area (Å²) in [5.41, 5.74) is 8.61. The molecule has 0 bridgehead atoms. The van der Waals surface area contributed by atoms with Crippen molar-refractivity contribution in [3.8, 4) is 0 Å². The standard InChI is InChI=1S/C31H40N8O4/c1-31(2,3)22-10-6-20(7-11-22)29(42)39-14-4-5-24(19-39)34-30-35-27(25(26(32)40)36-37-30)33-23-12-8-21(9-13-23)28(41)38-15-17-43-18-16-38/h6-13,24,30,33-35H,4-5,14-19H2,1-3H3,(H2,32,40)/t24-,30?/m1/s1. The summed E-state index contributed by atoms with van der Waals surface area (Å²) in [7, 11) is 0. The van der Waals surface area contributed by atoms with E-state index in [1.54, 1.807) is 29.2 Å². The third-order valence-corrected chi connectivity index (χ3v) is 7.82. The summed E-state index contributed by atoms with van der Waals surface area (Å²) in [5, 5.41) is 18.0. The first kappa shape index (κ1) is 30.2. The molecule has 5 N–H and O–H groups in total. The lowest BCUT2D eigenvalue weighted by Gasteiger charge is -2.35. The van der Waals surface area contributed by atoms with E-state index in [2.05, 4.69) is 47.0 Å². The van der Waals surface area contributed by atoms with E-state index >= 15 is 0 Å². The molecule has 0 radical (unpaired) electrons. The Balaban J connectivity index is 1.20. The second kappa shape index (κ2) is 12.9. The monoisotopic (exact) mass is 588 g/mol. The fraction of sp³-hybridized carbons (Fsp3) is 0.452. The Labute approximate surface area is 251 Å². The first-order chi connectivity index (χ1) is 20.6. The SMILES string of the molecule is CC(C)(C)c1ccc(C(=O)N2CCC[C@@H](NC3N=NC(C(N)=O)=C(Nc4ccc(C(=O)N5CCOCC5)cc4)N3)C2)cc1. The van der Waals surface area contributed by atoms with Crippen molar-refractivity contribution in [2.75, 3.05) is 44.7 Å². The lowest BCUT2D eigenvalue weighted by atomic mass is 9.86. The Kier molecular flexibility index (Phi) is 9.07. The number of nitrogens with one attached hydrogen (secondary N) is 3. The van der Waals surface area contributed by atoms with Crippen LogP contribution in [0.3, 0.4) is 0 Å². The van der Waals surface area contributed by atoms with Gasteiger partial charge in [0.2, 0.25) is 0 Å². The Morgan fingerprint density at radius 1 is 0.930 bits per heavy atom. The van der Waals surface area contributed by atoms with Crippen molar-refractivity contribution in [1.29, 1.82) is 0 Å². The van der Waals surface area contributed by atoms with Crippen LogP contribution in [0.4, 0.5) is 5.69 Å². The zero-order valence-corrected chi connectivity index (χ0v) is 24.9. The summed E-state index contributed by atoms with van der Waals surface area (Å²) >= 11 is 0. The molecule has 2 atom stereocenters. The van der Waals surface area contributed by atoms with Crippen molar-refractivity contribution in [1.82, 2.24) is 20.4 Å². The number of carbonyl (C=O) groups is 3. The molecule has 0 aliphatic carbocycles. The fourth-order valence-corrected chi connectivity index (χ4v) is 5.35. The van der Waals surface area contributed by atoms with E-state index in [0.717, 1.165) is 12.8 Å². The molecule has 12 nitrogen and oxygen atoms in total. The van der Waals surface area contributed by atoms with Crippen LogP contribution in [0, 0.1) is 0 Å². The molecule has 2 saturated heterocycles. The average molecular weight is 589 g/mol. The minimum Gasteiger partial charge on any atom is -0.378 e. The quantitative estimate of drug-likeness (QED) is 0.388. The lowest BCUT2D eigenvalue weighted by molar-refractivity contribution is -0.114. The Hall–Kier alpha value is -4.29. The number of carbonyl (C=O) groups excluding carboxylic acids is 3. The molecule has 3 amide bonds. The van der Waals surface area contributed by atoms with E-state index in [-0.39, 0.29) is 29.0 Å². The van der Waals surface area contributed by atoms with Crippen molar-refractivity contribution in [2.45, 2.75) is 51.4 Å². The minimum absolute atomic E-state index is 0.000923. The van der Waals surface area contributed by atoms with Gasteiger partial charge in [0, 0.05) is 49.0 Å². The first-order valence-corrected chi connectivity index (χ1v) is 14.7. The number of primary amides is 1. The molecule has 0 aromatic heterocycles. The van der Waals surface area contributed by atoms with E-state index in [9.17, 15) is 14.4 Å². The van der Waals surface area contributed by atoms with Crippen molar-refractivity contribution in [2.24, 2.45) is 16.0 Å². The van der Waals surface area contributed by atoms with Gasteiger partial charge in [-0.25, -0.2) is 0 Å². The zero-order valence-electron chi connectivity index (χ0n) is 24.9. The third kappa shape index (κ3) is 7.38. The van der Waals surface area contributed by atoms with Crippen LogP contribution in [-0.2, 0) is 14.9 Å². The summed E-state index contributed by atoms with van der Waals surface area (Å²) in [5.74, 6) is -0.486. The number of ether oxygens (including phenoxy) is 1. The van der Waals surface area contributed by atoms with Gasteiger partial charge in [0.25, 0.3) is 17.7 Å². The second-order valence-corrected chi connectivity index (χ2v) is 12.0. The number of morpholine rings is 1. The number of amides is 3. The number of piperidine rings is 1. The van der Waals surface area contributed by atoms with Gasteiger partial charge in [0.15, 0.2) is 12.0 Å². The molecular weight excluding hydrogens is 548 g/mol. The highest BCUT2D eigenvalue weighted by Crippen LogP contribution is 2.24. The predicted octanol–water partition coefficient (Wildman–Crippen LogP) is 2.76. The van der Waals surface area contributed by atoms with Crippen LogP contribution in [0.5, 0.6) is 0 Å². The molecule has 3 aliphatic heterocycles. The van der Waals surface area contributed by atoms with Gasteiger partial charge in [-0.05, 0) is 60.2 Å². The second-order valence-electron chi connectivity index (χ2n) is 12.0. The smallest absolute Gasteiger partial charge is 0.272 e. The molecule has 2 aromatic rings. The molecule has 1 unspecified atom stereocenters. The van der Waals surface area contributed by atoms with Gasteiger partial charge in [-0.2, -0.15) is 0 Å². The molecule has 5 rings (SSSR count). The van der Waals surface area contributed by atoms with Crippen LogP contribution in [0.15, 0.2) is 70.3 Å². The first-order valence-electron chi connectivity index (χ1n) is 14.7. The highest BCUT2D eigenvalue weighted by atomic mass is 16.5. The van der Waals surface area contributed by atoms with Crippen LogP contribution < -0.4 is 21.7 Å². The molecular formula is C31H40N8O4. The van der Waals surface area contributed by atoms with E-state index in [4.69, 9.17) is 10.5 Å². The summed E-state index contributed by atoms with van der Waals surface area (Å²) in [4.78, 5) is 41.8. The van der Waals surface area contributed by atoms with E-state index < -0.39 is 12.2 Å². The molecule has 12 heteroatoms. The molecule has 0 spiro atoms. The van der Waals surface area contributed by atoms with Gasteiger partial charge in [0.1, 0.15) is 5.82 Å². The number of benzene rings is 2. The van der Waals surface area contributed by atoms with Gasteiger partial charge in [-0.3, -0.25) is 19.7 Å². The number of rotatable bonds is 7. The Bertz CT molecular complexity index is 1390. The molecule has 2 fully saturated rings. The molecule has 2 aromatic carbocycles. The normalized spacial score (nSPS) is 20.9. The largest absolute Gasteiger partial charge is 0.378 e. The molecule has 3 aliphatic rings. The van der Waals surface area contributed by atoms with Crippen molar-refractivity contribution < 1.29 is 19.1 Å². The van der Waals surface area contributed by atoms with Gasteiger partial charge >= 0.3 is 0 Å². The van der Waals surface area contributed by atoms with Crippen molar-refractivity contribution >= 4 is 23.4 Å². The van der Waals surface area contributed by atoms with Crippen LogP contribution in [0.1, 0.15) is 59.9 Å². The number of likely N-dealkylation sites (tertiary alicyclic amines) is 1. The van der Waals surface area contributed by atoms with Crippen molar-refractivity contribution in [3.63, 3.8) is 0 Å². The van der Waals surface area contributed by atoms with Crippen LogP contribution in [0.25, 0.3) is 0 Å². The maximum Gasteiger partial charge on any atom is 0.272 e. The van der Waals surface area contributed by atoms with E-state index in [1.165, 1.54) is 5.56 Å². The Morgan fingerprint density at radius 3 is 2.19 bits per heavy atom. The number of azo groups is 1. The number of nitrogens with zero attached hydrogens (tertiary/aromatic N) is 4. The molecule has 3 heterocycles. The van der Waals surface area contributed by atoms with Gasteiger partial charge in [-0.1, -0.05) is 32.9 Å². The minimum atomic E-state index is -0.733. The fourth-order valence-electron chi connectivity index (χ4n) is 5.35.